The summed E-state index contributed by atoms with van der Waals surface area (Å²) in [6.45, 7) is -2.20. The van der Waals surface area contributed by atoms with Gasteiger partial charge in [-0.1, -0.05) is 23.2 Å². The van der Waals surface area contributed by atoms with Gasteiger partial charge in [-0.15, -0.1) is 0 Å². The van der Waals surface area contributed by atoms with E-state index in [4.69, 9.17) is 97.3 Å². The van der Waals surface area contributed by atoms with Gasteiger partial charge in [0.05, 0.1) is 144 Å². The minimum atomic E-state index is -2.88. The summed E-state index contributed by atoms with van der Waals surface area (Å²) in [6.07, 6.45) is 12.4. The lowest BCUT2D eigenvalue weighted by molar-refractivity contribution is -0.113. The smallest absolute Gasteiger partial charge is 0.290 e. The van der Waals surface area contributed by atoms with Crippen LogP contribution < -0.4 is 60.8 Å². The minimum Gasteiger partial charge on any atom is -0.496 e. The second-order valence-corrected chi connectivity index (χ2v) is 31.8. The summed E-state index contributed by atoms with van der Waals surface area (Å²) in [4.78, 5) is 123. The van der Waals surface area contributed by atoms with Crippen LogP contribution in [0, 0.1) is 0 Å². The summed E-state index contributed by atoms with van der Waals surface area (Å²) in [5, 5.41) is 4.78. The second kappa shape index (κ2) is 35.4. The summed E-state index contributed by atoms with van der Waals surface area (Å²) in [6, 6.07) is 36.9. The van der Waals surface area contributed by atoms with Crippen LogP contribution in [0.5, 0.6) is 69.0 Å². The molecule has 8 amide bonds. The molecule has 0 saturated carbocycles. The quantitative estimate of drug-likeness (QED) is 0.0442. The average molecular weight is 1860 g/mol. The van der Waals surface area contributed by atoms with E-state index in [1.165, 1.54) is 77.6 Å². The third kappa shape index (κ3) is 17.9. The number of amides is 8. The number of pyridine rings is 4. The molecule has 16 aromatic rings. The number of nitrogens with two attached hydrogens (primary N) is 4. The summed E-state index contributed by atoms with van der Waals surface area (Å²) < 4.78 is 140. The van der Waals surface area contributed by atoms with Gasteiger partial charge in [-0.25, -0.2) is 26.3 Å². The minimum absolute atomic E-state index is 0.0230. The monoisotopic (exact) mass is 1860 g/mol. The summed E-state index contributed by atoms with van der Waals surface area (Å²) >= 11 is 13.0. The number of primary amides is 4. The Bertz CT molecular complexity index is 7370. The Labute approximate surface area is 755 Å². The van der Waals surface area contributed by atoms with Gasteiger partial charge in [-0.2, -0.15) is 0 Å². The molecule has 20 rings (SSSR count). The lowest BCUT2D eigenvalue weighted by atomic mass is 10.1. The van der Waals surface area contributed by atoms with Gasteiger partial charge in [0.25, 0.3) is 65.0 Å². The van der Waals surface area contributed by atoms with Crippen molar-refractivity contribution in [2.75, 3.05) is 80.8 Å². The van der Waals surface area contributed by atoms with Crippen molar-refractivity contribution in [3.05, 3.63) is 238 Å². The number of aromatic nitrogens is 5. The van der Waals surface area contributed by atoms with E-state index in [0.29, 0.717) is 155 Å². The van der Waals surface area contributed by atoms with Crippen LogP contribution in [0.15, 0.2) is 196 Å². The Kier molecular flexibility index (Phi) is 23.7. The van der Waals surface area contributed by atoms with Crippen LogP contribution in [0.4, 0.5) is 26.3 Å². The number of H-pyrrole nitrogens is 1. The van der Waals surface area contributed by atoms with Crippen molar-refractivity contribution in [1.29, 1.82) is 0 Å². The number of halogens is 8. The van der Waals surface area contributed by atoms with E-state index < -0.39 is 98.4 Å². The first-order valence-electron chi connectivity index (χ1n) is 40.3. The molecule has 4 aliphatic heterocycles. The summed E-state index contributed by atoms with van der Waals surface area (Å²) in [5.41, 5.74) is 27.4. The maximum atomic E-state index is 13.2. The van der Waals surface area contributed by atoms with Crippen molar-refractivity contribution in [1.82, 2.24) is 44.5 Å². The number of carbonyl (C=O) groups is 8. The molecule has 4 saturated heterocycles. The number of rotatable bonds is 20. The highest BCUT2D eigenvalue weighted by molar-refractivity contribution is 6.37. The number of alkyl halides is 6. The number of carbonyl (C=O) groups excluding carboxylic acids is 8. The van der Waals surface area contributed by atoms with Crippen LogP contribution in [0.1, 0.15) is 95.9 Å². The first-order chi connectivity index (χ1) is 63.6. The predicted molar refractivity (Wildman–Crippen MR) is 472 cm³/mol. The maximum absolute atomic E-state index is 13.2. The Balaban J connectivity index is 0.000000124. The van der Waals surface area contributed by atoms with E-state index in [1.807, 2.05) is 0 Å². The van der Waals surface area contributed by atoms with Crippen LogP contribution in [0.25, 0.3) is 87.4 Å². The lowest BCUT2D eigenvalue weighted by Crippen LogP contribution is -2.58. The standard InChI is InChI=1S/C24H20ClN3O5.C23H16ClF2N3O5.C23H18F2N4O4.C23H17F2N3O5/c1-31-20-11-18-14(10-15(20)23(26)29)19(4-5-27-18)33-13-8-17(25)22-16(12-32-21(22)9-13)24(30)28-6-2-3-7-28;1-32-18-6-16-12(4-13(18)21(27)30)17(2-3-28-16)34-20-7-19-11(5-15(20)24)14(8-33-19)22(31)29-9-23(25,26)10-29;1-32-20-8-18-14(7-15(20)21(26)30)19(4-5-27-18)33-12-2-3-13-16(9-28-17(13)6-12)22(31)29-10-23(24,25)11-29;1-31-19-9-16-14(8-15(19)21(26)29)18(4-5-27-16)32-13-2-3-17-12(6-13)7-20(33-17)22(30)28-10-23(24,25)11-28/h4-5,8-12H,2-3,6-7H2,1H3,(H2,26,29);2-8H,9-10H2,1H3,(H2,27,30);2-9,28H,10-11H2,1H3,(H2,26,30);2-9H,10-11H2,1H3,(H2,26,29). The fraction of sp³-hybridized carbons (Fsp3) is 0.183. The highest BCUT2D eigenvalue weighted by atomic mass is 35.5. The fourth-order valence-electron chi connectivity index (χ4n) is 15.6. The zero-order valence-electron chi connectivity index (χ0n) is 70.1. The maximum Gasteiger partial charge on any atom is 0.290 e. The van der Waals surface area contributed by atoms with E-state index in [0.717, 1.165) is 40.6 Å². The van der Waals surface area contributed by atoms with Crippen LogP contribution >= 0.6 is 23.2 Å². The molecular formula is C93H71Cl2F6N13O19. The Hall–Kier alpha value is -16.1. The number of methoxy groups -OCH3 is 4. The van der Waals surface area contributed by atoms with Gasteiger partial charge in [0.15, 0.2) is 5.76 Å². The first-order valence-corrected chi connectivity index (χ1v) is 41.0. The number of nitrogens with one attached hydrogen (secondary N) is 1. The van der Waals surface area contributed by atoms with Crippen molar-refractivity contribution < 1.29 is 116 Å². The zero-order chi connectivity index (χ0) is 94.0. The van der Waals surface area contributed by atoms with Crippen molar-refractivity contribution >= 4 is 158 Å². The molecule has 9 N–H and O–H groups in total. The highest BCUT2D eigenvalue weighted by Gasteiger charge is 2.49. The van der Waals surface area contributed by atoms with E-state index in [2.05, 4.69) is 24.9 Å². The number of furan rings is 3. The Morgan fingerprint density at radius 3 is 1.23 bits per heavy atom. The molecule has 0 aliphatic carbocycles. The molecule has 4 aliphatic rings. The number of ether oxygens (including phenoxy) is 8. The predicted octanol–water partition coefficient (Wildman–Crippen LogP) is 17.1. The molecule has 4 fully saturated rings. The van der Waals surface area contributed by atoms with Crippen molar-refractivity contribution in [2.45, 2.75) is 30.6 Å². The van der Waals surface area contributed by atoms with Gasteiger partial charge in [-0.05, 0) is 104 Å². The van der Waals surface area contributed by atoms with E-state index in [1.54, 1.807) is 139 Å². The molecule has 8 aromatic heterocycles. The number of benzene rings is 8. The largest absolute Gasteiger partial charge is 0.496 e. The first kappa shape index (κ1) is 88.9. The van der Waals surface area contributed by atoms with Gasteiger partial charge in [0, 0.05) is 136 Å². The molecule has 0 atom stereocenters. The zero-order valence-corrected chi connectivity index (χ0v) is 71.6. The third-order valence-electron chi connectivity index (χ3n) is 22.1. The number of likely N-dealkylation sites (tertiary alicyclic amines) is 4. The fourth-order valence-corrected chi connectivity index (χ4v) is 16.1. The number of nitrogens with zero attached hydrogens (tertiary/aromatic N) is 8. The summed E-state index contributed by atoms with van der Waals surface area (Å²) in [7, 11) is 5.74. The molecule has 40 heteroatoms. The van der Waals surface area contributed by atoms with Crippen LogP contribution in [-0.4, -0.2) is 190 Å². The highest BCUT2D eigenvalue weighted by Crippen LogP contribution is 2.45. The van der Waals surface area contributed by atoms with Crippen molar-refractivity contribution in [3.63, 3.8) is 0 Å². The van der Waals surface area contributed by atoms with Gasteiger partial charge in [0.2, 0.25) is 0 Å². The van der Waals surface area contributed by atoms with Gasteiger partial charge in [0.1, 0.15) is 98.3 Å². The number of fused-ring (bicyclic) bond motifs is 8. The van der Waals surface area contributed by atoms with Crippen LogP contribution in [-0.2, 0) is 0 Å². The molecule has 12 heterocycles. The Morgan fingerprint density at radius 1 is 0.368 bits per heavy atom. The van der Waals surface area contributed by atoms with Crippen molar-refractivity contribution in [2.24, 2.45) is 22.9 Å². The molecule has 678 valence electrons. The van der Waals surface area contributed by atoms with Gasteiger partial charge in [-0.3, -0.25) is 58.3 Å². The molecule has 8 aromatic carbocycles. The van der Waals surface area contributed by atoms with Crippen molar-refractivity contribution in [3.8, 4) is 69.0 Å². The normalized spacial score (nSPS) is 14.5. The Morgan fingerprint density at radius 2 is 0.774 bits per heavy atom. The second-order valence-electron chi connectivity index (χ2n) is 31.0. The molecule has 32 nitrogen and oxygen atoms in total. The molecule has 133 heavy (non-hydrogen) atoms. The van der Waals surface area contributed by atoms with E-state index in [-0.39, 0.29) is 61.6 Å². The lowest BCUT2D eigenvalue weighted by Gasteiger charge is -2.38. The molecule has 0 unspecified atom stereocenters. The molecule has 0 spiro atoms. The van der Waals surface area contributed by atoms with Crippen LogP contribution in [0.2, 0.25) is 10.0 Å². The molecular weight excluding hydrogens is 1790 g/mol. The van der Waals surface area contributed by atoms with Gasteiger partial charge < -0.3 is 98.7 Å². The SMILES string of the molecule is COc1cc2nccc(Oc3cc(Cl)c4c(C(=O)N5CCCC5)coc4c3)c2cc1C(N)=O.COc1cc2nccc(Oc3cc4occ(C(=O)N5CC(F)(F)C5)c4cc3Cl)c2cc1C(N)=O.COc1cc2nccc(Oc3ccc4c(C(=O)N5CC(F)(F)C5)c[nH]c4c3)c2cc1C(N)=O.COc1cc2nccc(Oc3ccc4oc(C(=O)N5CC(F)(F)C5)cc4c3)c2cc1C(N)=O. The van der Waals surface area contributed by atoms with Gasteiger partial charge >= 0.3 is 0 Å². The topological polar surface area (TPSA) is 434 Å². The number of aromatic amines is 1. The molecule has 0 bridgehead atoms. The summed E-state index contributed by atoms with van der Waals surface area (Å²) in [5.74, 6) is -8.50. The van der Waals surface area contributed by atoms with E-state index in [9.17, 15) is 64.7 Å². The third-order valence-corrected chi connectivity index (χ3v) is 22.7. The number of hydrogen-bond acceptors (Lipinski definition) is 23. The molecule has 0 radical (unpaired) electrons. The number of hydrogen-bond donors (Lipinski definition) is 5. The van der Waals surface area contributed by atoms with Crippen LogP contribution in [0.3, 0.4) is 0 Å². The van der Waals surface area contributed by atoms with E-state index >= 15 is 0 Å². The average Bonchev–Trinajstić information content (AvgIpc) is 1.70.